The molecule has 90 valence electrons. The minimum Gasteiger partial charge on any atom is -0.465 e. The molecule has 0 saturated heterocycles. The number of methoxy groups -OCH3 is 1. The lowest BCUT2D eigenvalue weighted by Crippen LogP contribution is -2.18. The predicted octanol–water partition coefficient (Wildman–Crippen LogP) is 1.73. The summed E-state index contributed by atoms with van der Waals surface area (Å²) in [6, 6.07) is 2.62. The van der Waals surface area contributed by atoms with Crippen LogP contribution < -0.4 is 0 Å². The van der Waals surface area contributed by atoms with Crippen LogP contribution >= 0.6 is 0 Å². The molecule has 0 amide bonds. The van der Waals surface area contributed by atoms with E-state index in [0.29, 0.717) is 0 Å². The Bertz CT molecular complexity index is 486. The van der Waals surface area contributed by atoms with Crippen molar-refractivity contribution in [3.05, 3.63) is 35.4 Å². The number of rotatable bonds is 4. The van der Waals surface area contributed by atoms with E-state index in [1.165, 1.54) is 0 Å². The van der Waals surface area contributed by atoms with Gasteiger partial charge >= 0.3 is 5.97 Å². The lowest BCUT2D eigenvalue weighted by molar-refractivity contribution is -0.132. The highest BCUT2D eigenvalue weighted by Gasteiger charge is 2.16. The van der Waals surface area contributed by atoms with Crippen LogP contribution in [0.3, 0.4) is 0 Å². The summed E-state index contributed by atoms with van der Waals surface area (Å²) in [5, 5.41) is 7.21. The number of Topliss-reactive ketones (excluding diaryl/α,β-unsaturated/α-hetero) is 1. The molecule has 0 aliphatic rings. The van der Waals surface area contributed by atoms with Gasteiger partial charge in [-0.3, -0.25) is 10.2 Å². The minimum absolute atomic E-state index is 0.0995. The van der Waals surface area contributed by atoms with Crippen molar-refractivity contribution in [3.63, 3.8) is 0 Å². The summed E-state index contributed by atoms with van der Waals surface area (Å²) < 4.78 is 29.7. The first-order chi connectivity index (χ1) is 7.95. The van der Waals surface area contributed by atoms with Crippen LogP contribution in [0, 0.1) is 17.0 Å². The fraction of sp³-hybridized carbons (Fsp3) is 0.182. The van der Waals surface area contributed by atoms with Crippen LogP contribution in [-0.4, -0.2) is 24.6 Å². The predicted molar refractivity (Wildman–Crippen MR) is 55.0 cm³/mol. The Balaban J connectivity index is 2.80. The van der Waals surface area contributed by atoms with E-state index in [1.807, 2.05) is 0 Å². The molecule has 0 aliphatic carbocycles. The molecule has 0 radical (unpaired) electrons. The average Bonchev–Trinajstić information content (AvgIpc) is 2.31. The molecule has 17 heavy (non-hydrogen) atoms. The van der Waals surface area contributed by atoms with Crippen LogP contribution in [0.25, 0.3) is 0 Å². The number of ether oxygens (including phenoxy) is 1. The fourth-order valence-electron chi connectivity index (χ4n) is 1.13. The molecule has 0 atom stereocenters. The molecule has 0 saturated carbocycles. The summed E-state index contributed by atoms with van der Waals surface area (Å²) in [6.07, 6.45) is -0.516. The number of carbonyl (C=O) groups is 2. The molecule has 1 N–H and O–H groups in total. The van der Waals surface area contributed by atoms with E-state index >= 15 is 0 Å². The van der Waals surface area contributed by atoms with Gasteiger partial charge in [0.25, 0.3) is 0 Å². The highest BCUT2D eigenvalue weighted by atomic mass is 19.2. The number of hydrogen-bond donors (Lipinski definition) is 1. The molecule has 6 heteroatoms. The van der Waals surface area contributed by atoms with Gasteiger partial charge in [-0.25, -0.2) is 13.6 Å². The third-order valence-electron chi connectivity index (χ3n) is 2.01. The van der Waals surface area contributed by atoms with Gasteiger partial charge in [-0.2, -0.15) is 0 Å². The summed E-state index contributed by atoms with van der Waals surface area (Å²) >= 11 is 0. The summed E-state index contributed by atoms with van der Waals surface area (Å²) in [4.78, 5) is 22.4. The first-order valence-corrected chi connectivity index (χ1v) is 4.59. The number of carbonyl (C=O) groups excluding carboxylic acids is 2. The third-order valence-corrected chi connectivity index (χ3v) is 2.01. The minimum atomic E-state index is -1.15. The molecular formula is C11H9F2NO3. The van der Waals surface area contributed by atoms with Crippen molar-refractivity contribution in [1.82, 2.24) is 0 Å². The second-order valence-corrected chi connectivity index (χ2v) is 3.20. The SMILES string of the molecule is COC(=O)C(=N)CC(=O)c1ccc(F)c(F)c1. The monoisotopic (exact) mass is 241 g/mol. The Labute approximate surface area is 95.7 Å². The molecular weight excluding hydrogens is 232 g/mol. The maximum Gasteiger partial charge on any atom is 0.352 e. The quantitative estimate of drug-likeness (QED) is 0.496. The van der Waals surface area contributed by atoms with E-state index in [-0.39, 0.29) is 5.56 Å². The Morgan fingerprint density at radius 3 is 2.47 bits per heavy atom. The highest BCUT2D eigenvalue weighted by Crippen LogP contribution is 2.11. The molecule has 0 bridgehead atoms. The third kappa shape index (κ3) is 3.17. The summed E-state index contributed by atoms with van der Waals surface area (Å²) in [5.74, 6) is -3.80. The second kappa shape index (κ2) is 5.29. The van der Waals surface area contributed by atoms with Crippen LogP contribution in [0.2, 0.25) is 0 Å². The molecule has 1 rings (SSSR count). The van der Waals surface area contributed by atoms with E-state index in [0.717, 1.165) is 25.3 Å². The molecule has 4 nitrogen and oxygen atoms in total. The zero-order valence-electron chi connectivity index (χ0n) is 8.92. The maximum absolute atomic E-state index is 12.8. The molecule has 1 aromatic carbocycles. The smallest absolute Gasteiger partial charge is 0.352 e. The van der Waals surface area contributed by atoms with E-state index in [4.69, 9.17) is 5.41 Å². The molecule has 0 heterocycles. The van der Waals surface area contributed by atoms with Crippen molar-refractivity contribution >= 4 is 17.5 Å². The summed E-state index contributed by atoms with van der Waals surface area (Å²) in [7, 11) is 1.08. The molecule has 0 unspecified atom stereocenters. The van der Waals surface area contributed by atoms with Gasteiger partial charge in [0.1, 0.15) is 5.71 Å². The number of nitrogens with one attached hydrogen (secondary N) is 1. The van der Waals surface area contributed by atoms with Gasteiger partial charge in [0.2, 0.25) is 0 Å². The van der Waals surface area contributed by atoms with Crippen LogP contribution in [0.1, 0.15) is 16.8 Å². The normalized spacial score (nSPS) is 9.82. The highest BCUT2D eigenvalue weighted by molar-refractivity contribution is 6.39. The zero-order chi connectivity index (χ0) is 13.0. The number of halogens is 2. The van der Waals surface area contributed by atoms with E-state index in [2.05, 4.69) is 4.74 Å². The number of esters is 1. The van der Waals surface area contributed by atoms with Crippen LogP contribution in [-0.2, 0) is 9.53 Å². The average molecular weight is 241 g/mol. The molecule has 1 aromatic rings. The second-order valence-electron chi connectivity index (χ2n) is 3.20. The van der Waals surface area contributed by atoms with Gasteiger partial charge in [-0.15, -0.1) is 0 Å². The van der Waals surface area contributed by atoms with E-state index in [9.17, 15) is 18.4 Å². The maximum atomic E-state index is 12.8. The van der Waals surface area contributed by atoms with Crippen LogP contribution in [0.5, 0.6) is 0 Å². The molecule has 0 fully saturated rings. The van der Waals surface area contributed by atoms with Crippen molar-refractivity contribution in [1.29, 1.82) is 5.41 Å². The number of ketones is 1. The van der Waals surface area contributed by atoms with Crippen molar-refractivity contribution in [2.24, 2.45) is 0 Å². The van der Waals surface area contributed by atoms with Crippen LogP contribution in [0.15, 0.2) is 18.2 Å². The van der Waals surface area contributed by atoms with E-state index < -0.39 is 35.5 Å². The van der Waals surface area contributed by atoms with Crippen LogP contribution in [0.4, 0.5) is 8.78 Å². The van der Waals surface area contributed by atoms with E-state index in [1.54, 1.807) is 0 Å². The summed E-state index contributed by atoms with van der Waals surface area (Å²) in [6.45, 7) is 0. The molecule has 0 spiro atoms. The Kier molecular flexibility index (Phi) is 4.03. The Morgan fingerprint density at radius 1 is 1.29 bits per heavy atom. The van der Waals surface area contributed by atoms with Crippen molar-refractivity contribution in [3.8, 4) is 0 Å². The zero-order valence-corrected chi connectivity index (χ0v) is 8.92. The van der Waals surface area contributed by atoms with Gasteiger partial charge in [-0.1, -0.05) is 0 Å². The standard InChI is InChI=1S/C11H9F2NO3/c1-17-11(16)9(14)5-10(15)6-2-3-7(12)8(13)4-6/h2-4,14H,5H2,1H3. The lowest BCUT2D eigenvalue weighted by atomic mass is 10.1. The van der Waals surface area contributed by atoms with Crippen molar-refractivity contribution < 1.29 is 23.1 Å². The molecule has 0 aromatic heterocycles. The number of hydrogen-bond acceptors (Lipinski definition) is 4. The first-order valence-electron chi connectivity index (χ1n) is 4.59. The lowest BCUT2D eigenvalue weighted by Gasteiger charge is -2.02. The fourth-order valence-corrected chi connectivity index (χ4v) is 1.13. The topological polar surface area (TPSA) is 67.2 Å². The van der Waals surface area contributed by atoms with Gasteiger partial charge in [0.15, 0.2) is 17.4 Å². The summed E-state index contributed by atoms with van der Waals surface area (Å²) in [5.41, 5.74) is -0.639. The van der Waals surface area contributed by atoms with Gasteiger partial charge in [0.05, 0.1) is 13.5 Å². The molecule has 0 aliphatic heterocycles. The first kappa shape index (κ1) is 13.0. The van der Waals surface area contributed by atoms with Crippen molar-refractivity contribution in [2.75, 3.05) is 7.11 Å². The van der Waals surface area contributed by atoms with Crippen molar-refractivity contribution in [2.45, 2.75) is 6.42 Å². The Morgan fingerprint density at radius 2 is 1.94 bits per heavy atom. The Hall–Kier alpha value is -2.11. The number of benzene rings is 1. The largest absolute Gasteiger partial charge is 0.465 e. The van der Waals surface area contributed by atoms with Gasteiger partial charge < -0.3 is 4.74 Å². The van der Waals surface area contributed by atoms with Gasteiger partial charge in [-0.05, 0) is 18.2 Å². The van der Waals surface area contributed by atoms with Gasteiger partial charge in [0, 0.05) is 5.56 Å².